The van der Waals surface area contributed by atoms with E-state index < -0.39 is 12.0 Å². The summed E-state index contributed by atoms with van der Waals surface area (Å²) in [6.07, 6.45) is 2.22. The summed E-state index contributed by atoms with van der Waals surface area (Å²) in [5, 5.41) is 11.7. The molecule has 1 aliphatic heterocycles. The van der Waals surface area contributed by atoms with Crippen LogP contribution in [0, 0.1) is 0 Å². The molecule has 6 heteroatoms. The summed E-state index contributed by atoms with van der Waals surface area (Å²) in [5.74, 6) is -0.950. The van der Waals surface area contributed by atoms with E-state index in [1.807, 2.05) is 6.92 Å². The molecule has 0 unspecified atom stereocenters. The maximum atomic E-state index is 12.0. The van der Waals surface area contributed by atoms with E-state index in [1.54, 1.807) is 4.90 Å². The van der Waals surface area contributed by atoms with Crippen molar-refractivity contribution in [1.29, 1.82) is 0 Å². The lowest BCUT2D eigenvalue weighted by Gasteiger charge is -2.34. The van der Waals surface area contributed by atoms with Crippen molar-refractivity contribution in [2.75, 3.05) is 32.7 Å². The number of rotatable bonds is 6. The third-order valence-corrected chi connectivity index (χ3v) is 3.55. The fourth-order valence-corrected chi connectivity index (χ4v) is 2.17. The molecule has 1 rings (SSSR count). The molecule has 1 heterocycles. The smallest absolute Gasteiger partial charge is 0.326 e. The number of unbranched alkanes of at least 4 members (excludes halogenated alkanes) is 1. The van der Waals surface area contributed by atoms with Crippen LogP contribution < -0.4 is 5.32 Å². The van der Waals surface area contributed by atoms with Gasteiger partial charge in [0.1, 0.15) is 6.04 Å². The number of hydrogen-bond acceptors (Lipinski definition) is 3. The Morgan fingerprint density at radius 1 is 1.21 bits per heavy atom. The molecule has 1 atom stereocenters. The molecule has 19 heavy (non-hydrogen) atoms. The quantitative estimate of drug-likeness (QED) is 0.755. The van der Waals surface area contributed by atoms with Gasteiger partial charge in [-0.15, -0.1) is 0 Å². The number of urea groups is 1. The number of carboxylic acid groups (broad SMARTS) is 1. The molecule has 0 spiro atoms. The van der Waals surface area contributed by atoms with E-state index >= 15 is 0 Å². The highest BCUT2D eigenvalue weighted by Gasteiger charge is 2.24. The molecule has 1 aliphatic rings. The number of carbonyl (C=O) groups is 2. The van der Waals surface area contributed by atoms with Crippen molar-refractivity contribution in [2.24, 2.45) is 0 Å². The van der Waals surface area contributed by atoms with Gasteiger partial charge in [-0.25, -0.2) is 9.59 Å². The first kappa shape index (κ1) is 15.8. The molecule has 0 aliphatic carbocycles. The van der Waals surface area contributed by atoms with Gasteiger partial charge >= 0.3 is 12.0 Å². The van der Waals surface area contributed by atoms with E-state index in [-0.39, 0.29) is 6.03 Å². The Labute approximate surface area is 114 Å². The second kappa shape index (κ2) is 7.99. The predicted octanol–water partition coefficient (Wildman–Crippen LogP) is 0.977. The van der Waals surface area contributed by atoms with Gasteiger partial charge in [-0.3, -0.25) is 0 Å². The monoisotopic (exact) mass is 271 g/mol. The topological polar surface area (TPSA) is 72.9 Å². The zero-order chi connectivity index (χ0) is 14.3. The van der Waals surface area contributed by atoms with Gasteiger partial charge in [-0.2, -0.15) is 0 Å². The Bertz CT molecular complexity index is 302. The third-order valence-electron chi connectivity index (χ3n) is 3.55. The Morgan fingerprint density at radius 3 is 2.32 bits per heavy atom. The molecule has 6 nitrogen and oxygen atoms in total. The summed E-state index contributed by atoms with van der Waals surface area (Å²) in [7, 11) is 0. The number of piperazine rings is 1. The number of amides is 2. The second-order valence-corrected chi connectivity index (χ2v) is 4.90. The molecule has 2 amide bonds. The molecular formula is C13H25N3O3. The molecule has 0 saturated carbocycles. The zero-order valence-corrected chi connectivity index (χ0v) is 11.9. The lowest BCUT2D eigenvalue weighted by Crippen LogP contribution is -2.54. The van der Waals surface area contributed by atoms with E-state index in [0.717, 1.165) is 32.5 Å². The Kier molecular flexibility index (Phi) is 6.62. The van der Waals surface area contributed by atoms with Crippen LogP contribution in [0.5, 0.6) is 0 Å². The zero-order valence-electron chi connectivity index (χ0n) is 11.9. The fourth-order valence-electron chi connectivity index (χ4n) is 2.17. The maximum absolute atomic E-state index is 12.0. The first-order valence-electron chi connectivity index (χ1n) is 7.09. The van der Waals surface area contributed by atoms with Gasteiger partial charge in [0.2, 0.25) is 0 Å². The highest BCUT2D eigenvalue weighted by atomic mass is 16.4. The van der Waals surface area contributed by atoms with Gasteiger partial charge in [-0.1, -0.05) is 26.7 Å². The van der Waals surface area contributed by atoms with E-state index in [0.29, 0.717) is 19.5 Å². The summed E-state index contributed by atoms with van der Waals surface area (Å²) < 4.78 is 0. The molecule has 2 N–H and O–H groups in total. The minimum absolute atomic E-state index is 0.251. The first-order chi connectivity index (χ1) is 9.08. The van der Waals surface area contributed by atoms with Crippen LogP contribution in [-0.4, -0.2) is 65.7 Å². The van der Waals surface area contributed by atoms with Crippen LogP contribution in [0.15, 0.2) is 0 Å². The minimum Gasteiger partial charge on any atom is -0.480 e. The van der Waals surface area contributed by atoms with E-state index in [9.17, 15) is 9.59 Å². The second-order valence-electron chi connectivity index (χ2n) is 4.90. The van der Waals surface area contributed by atoms with Gasteiger partial charge in [-0.05, 0) is 13.0 Å². The Morgan fingerprint density at radius 2 is 1.84 bits per heavy atom. The van der Waals surface area contributed by atoms with Crippen LogP contribution in [0.3, 0.4) is 0 Å². The number of nitrogens with zero attached hydrogens (tertiary/aromatic N) is 2. The summed E-state index contributed by atoms with van der Waals surface area (Å²) in [6.45, 7) is 8.14. The van der Waals surface area contributed by atoms with Crippen molar-refractivity contribution in [1.82, 2.24) is 15.1 Å². The SMILES string of the molecule is CCCC[C@H](NC(=O)N1CCN(CC)CC1)C(=O)O. The summed E-state index contributed by atoms with van der Waals surface area (Å²) in [4.78, 5) is 27.1. The van der Waals surface area contributed by atoms with Crippen LogP contribution in [-0.2, 0) is 4.79 Å². The summed E-state index contributed by atoms with van der Waals surface area (Å²) in [5.41, 5.74) is 0. The Hall–Kier alpha value is -1.30. The molecule has 0 aromatic heterocycles. The van der Waals surface area contributed by atoms with Crippen molar-refractivity contribution in [3.63, 3.8) is 0 Å². The van der Waals surface area contributed by atoms with E-state index in [4.69, 9.17) is 5.11 Å². The van der Waals surface area contributed by atoms with Gasteiger partial charge < -0.3 is 20.2 Å². The van der Waals surface area contributed by atoms with Gasteiger partial charge in [0.15, 0.2) is 0 Å². The maximum Gasteiger partial charge on any atom is 0.326 e. The summed E-state index contributed by atoms with van der Waals surface area (Å²) in [6, 6.07) is -1.02. The lowest BCUT2D eigenvalue weighted by molar-refractivity contribution is -0.139. The van der Waals surface area contributed by atoms with Crippen LogP contribution in [0.4, 0.5) is 4.79 Å². The minimum atomic E-state index is -0.950. The number of aliphatic carboxylic acids is 1. The molecule has 1 saturated heterocycles. The highest BCUT2D eigenvalue weighted by molar-refractivity contribution is 5.82. The number of likely N-dealkylation sites (N-methyl/N-ethyl adjacent to an activating group) is 1. The lowest BCUT2D eigenvalue weighted by atomic mass is 10.1. The largest absolute Gasteiger partial charge is 0.480 e. The average molecular weight is 271 g/mol. The van der Waals surface area contributed by atoms with Gasteiger partial charge in [0.25, 0.3) is 0 Å². The average Bonchev–Trinajstić information content (AvgIpc) is 2.43. The standard InChI is InChI=1S/C13H25N3O3/c1-3-5-6-11(12(17)18)14-13(19)16-9-7-15(4-2)8-10-16/h11H,3-10H2,1-2H3,(H,14,19)(H,17,18)/t11-/m0/s1. The molecular weight excluding hydrogens is 246 g/mol. The molecule has 1 fully saturated rings. The molecule has 0 radical (unpaired) electrons. The third kappa shape index (κ3) is 5.06. The van der Waals surface area contributed by atoms with Crippen molar-refractivity contribution >= 4 is 12.0 Å². The molecule has 0 bridgehead atoms. The Balaban J connectivity index is 2.42. The normalized spacial score (nSPS) is 18.1. The van der Waals surface area contributed by atoms with Crippen LogP contribution in [0.1, 0.15) is 33.1 Å². The van der Waals surface area contributed by atoms with Crippen LogP contribution >= 0.6 is 0 Å². The fraction of sp³-hybridized carbons (Fsp3) is 0.846. The van der Waals surface area contributed by atoms with Gasteiger partial charge in [0, 0.05) is 26.2 Å². The number of nitrogens with one attached hydrogen (secondary N) is 1. The number of carbonyl (C=O) groups excluding carboxylic acids is 1. The van der Waals surface area contributed by atoms with Crippen LogP contribution in [0.2, 0.25) is 0 Å². The number of hydrogen-bond donors (Lipinski definition) is 2. The van der Waals surface area contributed by atoms with Crippen molar-refractivity contribution in [2.45, 2.75) is 39.2 Å². The first-order valence-corrected chi connectivity index (χ1v) is 7.09. The molecule has 0 aromatic rings. The van der Waals surface area contributed by atoms with Crippen molar-refractivity contribution < 1.29 is 14.7 Å². The predicted molar refractivity (Wildman–Crippen MR) is 73.2 cm³/mol. The summed E-state index contributed by atoms with van der Waals surface area (Å²) >= 11 is 0. The van der Waals surface area contributed by atoms with Crippen LogP contribution in [0.25, 0.3) is 0 Å². The van der Waals surface area contributed by atoms with E-state index in [1.165, 1.54) is 0 Å². The highest BCUT2D eigenvalue weighted by Crippen LogP contribution is 2.05. The van der Waals surface area contributed by atoms with E-state index in [2.05, 4.69) is 17.1 Å². The number of carboxylic acids is 1. The molecule has 0 aromatic carbocycles. The molecule has 110 valence electrons. The van der Waals surface area contributed by atoms with Crippen molar-refractivity contribution in [3.8, 4) is 0 Å². The van der Waals surface area contributed by atoms with Gasteiger partial charge in [0.05, 0.1) is 0 Å². The van der Waals surface area contributed by atoms with Crippen molar-refractivity contribution in [3.05, 3.63) is 0 Å².